The van der Waals surface area contributed by atoms with Crippen LogP contribution < -0.4 is 10.6 Å². The van der Waals surface area contributed by atoms with Crippen LogP contribution in [0.4, 0.5) is 11.5 Å². The van der Waals surface area contributed by atoms with Gasteiger partial charge in [-0.05, 0) is 55.7 Å². The van der Waals surface area contributed by atoms with Crippen molar-refractivity contribution in [1.82, 2.24) is 4.98 Å². The Hall–Kier alpha value is -2.69. The minimum atomic E-state index is -0.746. The van der Waals surface area contributed by atoms with Gasteiger partial charge in [0.25, 0.3) is 0 Å². The van der Waals surface area contributed by atoms with Gasteiger partial charge in [0, 0.05) is 11.9 Å². The summed E-state index contributed by atoms with van der Waals surface area (Å²) in [5, 5.41) is 5.02. The van der Waals surface area contributed by atoms with Crippen molar-refractivity contribution in [2.24, 2.45) is 0 Å². The number of aryl methyl sites for hydroxylation is 3. The zero-order valence-corrected chi connectivity index (χ0v) is 12.2. The Bertz CT molecular complexity index is 678. The van der Waals surface area contributed by atoms with Crippen molar-refractivity contribution in [3.8, 4) is 0 Å². The van der Waals surface area contributed by atoms with Gasteiger partial charge in [-0.2, -0.15) is 0 Å². The van der Waals surface area contributed by atoms with E-state index in [9.17, 15) is 9.59 Å². The van der Waals surface area contributed by atoms with Gasteiger partial charge < -0.3 is 10.6 Å². The number of anilines is 2. The summed E-state index contributed by atoms with van der Waals surface area (Å²) in [6.45, 7) is 5.82. The van der Waals surface area contributed by atoms with Gasteiger partial charge in [0.2, 0.25) is 0 Å². The third-order valence-electron chi connectivity index (χ3n) is 3.12. The summed E-state index contributed by atoms with van der Waals surface area (Å²) in [6.07, 6.45) is 1.62. The number of carbonyl (C=O) groups is 2. The largest absolute Gasteiger partial charge is 0.318 e. The summed E-state index contributed by atoms with van der Waals surface area (Å²) in [4.78, 5) is 27.6. The molecule has 1 heterocycles. The van der Waals surface area contributed by atoms with Gasteiger partial charge in [0.1, 0.15) is 5.82 Å². The molecular formula is C16H17N3O2. The highest BCUT2D eigenvalue weighted by Gasteiger charge is 2.14. The zero-order valence-electron chi connectivity index (χ0n) is 12.2. The number of hydrogen-bond acceptors (Lipinski definition) is 3. The lowest BCUT2D eigenvalue weighted by Gasteiger charge is -2.08. The van der Waals surface area contributed by atoms with E-state index in [2.05, 4.69) is 15.6 Å². The Morgan fingerprint density at radius 1 is 0.905 bits per heavy atom. The maximum atomic E-state index is 11.8. The molecular weight excluding hydrogens is 266 g/mol. The predicted molar refractivity (Wildman–Crippen MR) is 82.1 cm³/mol. The molecule has 0 aliphatic heterocycles. The van der Waals surface area contributed by atoms with Crippen LogP contribution in [-0.4, -0.2) is 16.8 Å². The van der Waals surface area contributed by atoms with Crippen LogP contribution in [0.15, 0.2) is 36.5 Å². The first kappa shape index (κ1) is 14.7. The molecule has 2 amide bonds. The Morgan fingerprint density at radius 2 is 1.62 bits per heavy atom. The zero-order chi connectivity index (χ0) is 15.4. The molecule has 0 bridgehead atoms. The lowest BCUT2D eigenvalue weighted by atomic mass is 10.1. The first-order valence-corrected chi connectivity index (χ1v) is 6.58. The van der Waals surface area contributed by atoms with Crippen molar-refractivity contribution in [3.63, 3.8) is 0 Å². The van der Waals surface area contributed by atoms with Crippen molar-refractivity contribution in [2.45, 2.75) is 20.8 Å². The van der Waals surface area contributed by atoms with Gasteiger partial charge in [-0.25, -0.2) is 4.98 Å². The van der Waals surface area contributed by atoms with E-state index in [1.165, 1.54) is 0 Å². The molecule has 0 saturated carbocycles. The molecule has 5 heteroatoms. The minimum Gasteiger partial charge on any atom is -0.318 e. The quantitative estimate of drug-likeness (QED) is 0.832. The van der Waals surface area contributed by atoms with Gasteiger partial charge in [0.05, 0.1) is 0 Å². The highest BCUT2D eigenvalue weighted by Crippen LogP contribution is 2.14. The van der Waals surface area contributed by atoms with Crippen molar-refractivity contribution < 1.29 is 9.59 Å². The number of rotatable bonds is 2. The summed E-state index contributed by atoms with van der Waals surface area (Å²) in [5.74, 6) is -1.12. The smallest absolute Gasteiger partial charge is 0.315 e. The highest BCUT2D eigenvalue weighted by atomic mass is 16.2. The SMILES string of the molecule is Cc1ccc(NC(=O)C(=O)Nc2ccc(C)c(C)c2)nc1. The van der Waals surface area contributed by atoms with Gasteiger partial charge >= 0.3 is 11.8 Å². The number of hydrogen-bond donors (Lipinski definition) is 2. The topological polar surface area (TPSA) is 71.1 Å². The van der Waals surface area contributed by atoms with Gasteiger partial charge in [-0.3, -0.25) is 9.59 Å². The van der Waals surface area contributed by atoms with Gasteiger partial charge in [-0.1, -0.05) is 12.1 Å². The van der Waals surface area contributed by atoms with E-state index in [-0.39, 0.29) is 0 Å². The van der Waals surface area contributed by atoms with Crippen LogP contribution >= 0.6 is 0 Å². The standard InChI is InChI=1S/C16H17N3O2/c1-10-4-7-14(17-9-10)19-16(21)15(20)18-13-6-5-11(2)12(3)8-13/h4-9H,1-3H3,(H,18,20)(H,17,19,21). The second-order valence-electron chi connectivity index (χ2n) is 4.93. The molecule has 0 fully saturated rings. The summed E-state index contributed by atoms with van der Waals surface area (Å²) in [7, 11) is 0. The highest BCUT2D eigenvalue weighted by molar-refractivity contribution is 6.43. The van der Waals surface area contributed by atoms with E-state index in [1.54, 1.807) is 18.3 Å². The molecule has 0 unspecified atom stereocenters. The fraction of sp³-hybridized carbons (Fsp3) is 0.188. The maximum absolute atomic E-state index is 11.8. The van der Waals surface area contributed by atoms with Crippen LogP contribution in [-0.2, 0) is 9.59 Å². The summed E-state index contributed by atoms with van der Waals surface area (Å²) in [5.41, 5.74) is 3.75. The van der Waals surface area contributed by atoms with Crippen molar-refractivity contribution in [3.05, 3.63) is 53.2 Å². The summed E-state index contributed by atoms with van der Waals surface area (Å²) >= 11 is 0. The molecule has 21 heavy (non-hydrogen) atoms. The van der Waals surface area contributed by atoms with Crippen molar-refractivity contribution in [2.75, 3.05) is 10.6 Å². The van der Waals surface area contributed by atoms with Crippen LogP contribution in [0, 0.1) is 20.8 Å². The van der Waals surface area contributed by atoms with Crippen LogP contribution in [0.1, 0.15) is 16.7 Å². The molecule has 2 aromatic rings. The number of amides is 2. The van der Waals surface area contributed by atoms with Crippen molar-refractivity contribution >= 4 is 23.3 Å². The molecule has 2 rings (SSSR count). The fourth-order valence-electron chi connectivity index (χ4n) is 1.72. The van der Waals surface area contributed by atoms with Crippen LogP contribution in [0.2, 0.25) is 0 Å². The molecule has 2 N–H and O–H groups in total. The molecule has 0 saturated heterocycles. The number of benzene rings is 1. The van der Waals surface area contributed by atoms with Gasteiger partial charge in [0.15, 0.2) is 0 Å². The lowest BCUT2D eigenvalue weighted by Crippen LogP contribution is -2.29. The third kappa shape index (κ3) is 3.89. The molecule has 0 aliphatic rings. The predicted octanol–water partition coefficient (Wildman–Crippen LogP) is 2.58. The number of aromatic nitrogens is 1. The molecule has 1 aromatic carbocycles. The second kappa shape index (κ2) is 6.17. The number of pyridine rings is 1. The van der Waals surface area contributed by atoms with E-state index in [0.717, 1.165) is 16.7 Å². The fourth-order valence-corrected chi connectivity index (χ4v) is 1.72. The average Bonchev–Trinajstić information content (AvgIpc) is 2.45. The van der Waals surface area contributed by atoms with Crippen LogP contribution in [0.25, 0.3) is 0 Å². The van der Waals surface area contributed by atoms with Crippen molar-refractivity contribution in [1.29, 1.82) is 0 Å². The summed E-state index contributed by atoms with van der Waals surface area (Å²) in [6, 6.07) is 8.94. The third-order valence-corrected chi connectivity index (χ3v) is 3.12. The normalized spacial score (nSPS) is 10.0. The molecule has 0 aliphatic carbocycles. The van der Waals surface area contributed by atoms with Gasteiger partial charge in [-0.15, -0.1) is 0 Å². The maximum Gasteiger partial charge on any atom is 0.315 e. The number of nitrogens with one attached hydrogen (secondary N) is 2. The monoisotopic (exact) mass is 283 g/mol. The van der Waals surface area contributed by atoms with E-state index in [0.29, 0.717) is 11.5 Å². The Morgan fingerprint density at radius 3 is 2.24 bits per heavy atom. The molecule has 0 spiro atoms. The molecule has 0 radical (unpaired) electrons. The Balaban J connectivity index is 2.00. The van der Waals surface area contributed by atoms with E-state index in [4.69, 9.17) is 0 Å². The number of carbonyl (C=O) groups excluding carboxylic acids is 2. The lowest BCUT2D eigenvalue weighted by molar-refractivity contribution is -0.133. The van der Waals surface area contributed by atoms with Crippen LogP contribution in [0.5, 0.6) is 0 Å². The van der Waals surface area contributed by atoms with E-state index in [1.807, 2.05) is 39.0 Å². The number of nitrogens with zero attached hydrogens (tertiary/aromatic N) is 1. The first-order valence-electron chi connectivity index (χ1n) is 6.58. The molecule has 1 aromatic heterocycles. The van der Waals surface area contributed by atoms with Crippen LogP contribution in [0.3, 0.4) is 0 Å². The second-order valence-corrected chi connectivity index (χ2v) is 4.93. The minimum absolute atomic E-state index is 0.348. The van der Waals surface area contributed by atoms with E-state index < -0.39 is 11.8 Å². The first-order chi connectivity index (χ1) is 9.95. The Labute approximate surface area is 123 Å². The molecule has 108 valence electrons. The summed E-state index contributed by atoms with van der Waals surface area (Å²) < 4.78 is 0. The Kier molecular flexibility index (Phi) is 4.33. The molecule has 5 nitrogen and oxygen atoms in total. The van der Waals surface area contributed by atoms with E-state index >= 15 is 0 Å². The average molecular weight is 283 g/mol. The molecule has 0 atom stereocenters.